The van der Waals surface area contributed by atoms with Crippen LogP contribution in [-0.4, -0.2) is 28.7 Å². The second kappa shape index (κ2) is 8.29. The molecule has 0 aliphatic carbocycles. The number of carbonyl (C=O) groups excluding carboxylic acids is 1. The number of nitrogens with zero attached hydrogens (tertiary/aromatic N) is 2. The number of ether oxygens (including phenoxy) is 2. The molecule has 0 aliphatic heterocycles. The van der Waals surface area contributed by atoms with Gasteiger partial charge in [0, 0.05) is 6.54 Å². The lowest BCUT2D eigenvalue weighted by Crippen LogP contribution is -2.23. The monoisotopic (exact) mass is 352 g/mol. The van der Waals surface area contributed by atoms with Crippen LogP contribution < -0.4 is 10.3 Å². The molecule has 0 spiro atoms. The predicted molar refractivity (Wildman–Crippen MR) is 98.3 cm³/mol. The van der Waals surface area contributed by atoms with Gasteiger partial charge < -0.3 is 9.47 Å². The van der Waals surface area contributed by atoms with Crippen molar-refractivity contribution in [3.8, 4) is 5.75 Å². The third kappa shape index (κ3) is 4.47. The lowest BCUT2D eigenvalue weighted by atomic mass is 10.2. The predicted octanol–water partition coefficient (Wildman–Crippen LogP) is 2.72. The minimum Gasteiger partial charge on any atom is -0.490 e. The number of fused-ring (bicyclic) bond motifs is 1. The van der Waals surface area contributed by atoms with Crippen LogP contribution in [0.2, 0.25) is 0 Å². The summed E-state index contributed by atoms with van der Waals surface area (Å²) in [4.78, 5) is 28.4. The summed E-state index contributed by atoms with van der Waals surface area (Å²) in [6, 6.07) is 14.8. The van der Waals surface area contributed by atoms with Gasteiger partial charge in [-0.3, -0.25) is 14.2 Å². The number of benzene rings is 2. The Balaban J connectivity index is 1.45. The number of aryl methyl sites for hydroxylation is 2. The van der Waals surface area contributed by atoms with Crippen molar-refractivity contribution in [2.45, 2.75) is 19.9 Å². The summed E-state index contributed by atoms with van der Waals surface area (Å²) in [5.74, 6) is 0.359. The number of rotatable bonds is 7. The van der Waals surface area contributed by atoms with Crippen LogP contribution in [0.4, 0.5) is 0 Å². The van der Waals surface area contributed by atoms with Crippen molar-refractivity contribution in [2.24, 2.45) is 0 Å². The van der Waals surface area contributed by atoms with Crippen molar-refractivity contribution < 1.29 is 14.3 Å². The van der Waals surface area contributed by atoms with Crippen LogP contribution in [0.25, 0.3) is 10.9 Å². The molecule has 0 saturated carbocycles. The molecule has 0 radical (unpaired) electrons. The zero-order valence-electron chi connectivity index (χ0n) is 14.6. The van der Waals surface area contributed by atoms with E-state index < -0.39 is 0 Å². The zero-order valence-corrected chi connectivity index (χ0v) is 14.6. The van der Waals surface area contributed by atoms with Gasteiger partial charge in [0.2, 0.25) is 0 Å². The summed E-state index contributed by atoms with van der Waals surface area (Å²) in [5.41, 5.74) is 1.64. The number of para-hydroxylation sites is 1. The quantitative estimate of drug-likeness (QED) is 0.483. The Morgan fingerprint density at radius 1 is 1.08 bits per heavy atom. The first kappa shape index (κ1) is 17.7. The highest BCUT2D eigenvalue weighted by atomic mass is 16.6. The molecular formula is C20H20N2O4. The Morgan fingerprint density at radius 3 is 2.65 bits per heavy atom. The Bertz CT molecular complexity index is 948. The molecule has 0 fully saturated rings. The molecule has 0 saturated heterocycles. The van der Waals surface area contributed by atoms with E-state index in [1.165, 1.54) is 10.9 Å². The molecule has 6 nitrogen and oxygen atoms in total. The van der Waals surface area contributed by atoms with Crippen LogP contribution >= 0.6 is 0 Å². The fourth-order valence-corrected chi connectivity index (χ4v) is 2.50. The molecule has 1 aromatic heterocycles. The molecule has 0 bridgehead atoms. The van der Waals surface area contributed by atoms with Gasteiger partial charge in [-0.2, -0.15) is 0 Å². The largest absolute Gasteiger partial charge is 0.490 e. The highest BCUT2D eigenvalue weighted by Crippen LogP contribution is 2.11. The summed E-state index contributed by atoms with van der Waals surface area (Å²) in [6.45, 7) is 2.68. The molecular weight excluding hydrogens is 332 g/mol. The Kier molecular flexibility index (Phi) is 5.63. The van der Waals surface area contributed by atoms with E-state index in [2.05, 4.69) is 4.98 Å². The average molecular weight is 352 g/mol. The van der Waals surface area contributed by atoms with Gasteiger partial charge in [-0.15, -0.1) is 0 Å². The van der Waals surface area contributed by atoms with Crippen LogP contribution in [0, 0.1) is 6.92 Å². The first-order chi connectivity index (χ1) is 12.6. The molecule has 0 aliphatic rings. The average Bonchev–Trinajstić information content (AvgIpc) is 2.66. The van der Waals surface area contributed by atoms with E-state index in [0.29, 0.717) is 10.9 Å². The molecule has 0 unspecified atom stereocenters. The van der Waals surface area contributed by atoms with Crippen LogP contribution in [0.5, 0.6) is 5.75 Å². The van der Waals surface area contributed by atoms with E-state index >= 15 is 0 Å². The zero-order chi connectivity index (χ0) is 18.4. The molecule has 6 heteroatoms. The second-order valence-corrected chi connectivity index (χ2v) is 5.89. The van der Waals surface area contributed by atoms with Crippen molar-refractivity contribution in [3.63, 3.8) is 0 Å². The summed E-state index contributed by atoms with van der Waals surface area (Å²) in [7, 11) is 0. The van der Waals surface area contributed by atoms with Gasteiger partial charge in [0.25, 0.3) is 5.56 Å². The number of carbonyl (C=O) groups is 1. The van der Waals surface area contributed by atoms with Crippen molar-refractivity contribution in [3.05, 3.63) is 70.8 Å². The number of aromatic nitrogens is 2. The van der Waals surface area contributed by atoms with Crippen molar-refractivity contribution in [1.29, 1.82) is 0 Å². The van der Waals surface area contributed by atoms with E-state index in [4.69, 9.17) is 9.47 Å². The van der Waals surface area contributed by atoms with Gasteiger partial charge >= 0.3 is 5.97 Å². The Labute approximate surface area is 151 Å². The van der Waals surface area contributed by atoms with Gasteiger partial charge in [-0.25, -0.2) is 4.98 Å². The molecule has 3 aromatic rings. The molecule has 0 amide bonds. The van der Waals surface area contributed by atoms with Crippen LogP contribution in [0.15, 0.2) is 59.7 Å². The van der Waals surface area contributed by atoms with Gasteiger partial charge in [-0.05, 0) is 31.2 Å². The maximum atomic E-state index is 12.3. The van der Waals surface area contributed by atoms with E-state index in [-0.39, 0.29) is 37.7 Å². The van der Waals surface area contributed by atoms with E-state index in [0.717, 1.165) is 11.3 Å². The highest BCUT2D eigenvalue weighted by molar-refractivity contribution is 5.77. The molecule has 0 atom stereocenters. The van der Waals surface area contributed by atoms with Gasteiger partial charge in [0.15, 0.2) is 0 Å². The lowest BCUT2D eigenvalue weighted by Gasteiger charge is -2.09. The number of esters is 1. The molecule has 1 heterocycles. The fraction of sp³-hybridized carbons (Fsp3) is 0.250. The van der Waals surface area contributed by atoms with Crippen LogP contribution in [-0.2, 0) is 16.1 Å². The van der Waals surface area contributed by atoms with Crippen LogP contribution in [0.1, 0.15) is 12.0 Å². The number of hydrogen-bond acceptors (Lipinski definition) is 5. The molecule has 0 N–H and O–H groups in total. The molecule has 26 heavy (non-hydrogen) atoms. The van der Waals surface area contributed by atoms with Crippen molar-refractivity contribution in [1.82, 2.24) is 9.55 Å². The number of hydrogen-bond donors (Lipinski definition) is 0. The maximum absolute atomic E-state index is 12.3. The summed E-state index contributed by atoms with van der Waals surface area (Å²) in [5, 5.41) is 0.537. The third-order valence-electron chi connectivity index (χ3n) is 3.92. The molecule has 134 valence electrons. The van der Waals surface area contributed by atoms with Gasteiger partial charge in [0.1, 0.15) is 19.0 Å². The lowest BCUT2D eigenvalue weighted by molar-refractivity contribution is -0.144. The topological polar surface area (TPSA) is 70.4 Å². The summed E-state index contributed by atoms with van der Waals surface area (Å²) < 4.78 is 12.1. The van der Waals surface area contributed by atoms with E-state index in [9.17, 15) is 9.59 Å². The highest BCUT2D eigenvalue weighted by Gasteiger charge is 2.07. The van der Waals surface area contributed by atoms with Crippen molar-refractivity contribution >= 4 is 16.9 Å². The first-order valence-electron chi connectivity index (χ1n) is 8.43. The van der Waals surface area contributed by atoms with Gasteiger partial charge in [-0.1, -0.05) is 29.8 Å². The third-order valence-corrected chi connectivity index (χ3v) is 3.92. The molecule has 3 rings (SSSR count). The maximum Gasteiger partial charge on any atom is 0.307 e. The fourth-order valence-electron chi connectivity index (χ4n) is 2.50. The normalized spacial score (nSPS) is 10.7. The van der Waals surface area contributed by atoms with Gasteiger partial charge in [0.05, 0.1) is 23.7 Å². The Morgan fingerprint density at radius 2 is 1.85 bits per heavy atom. The standard InChI is InChI=1S/C20H20N2O4/c1-15-6-8-16(9-7-15)25-12-13-26-19(23)10-11-22-14-21-18-5-3-2-4-17(18)20(22)24/h2-9,14H,10-13H2,1H3. The van der Waals surface area contributed by atoms with Crippen molar-refractivity contribution in [2.75, 3.05) is 13.2 Å². The second-order valence-electron chi connectivity index (χ2n) is 5.89. The first-order valence-corrected chi connectivity index (χ1v) is 8.43. The minimum atomic E-state index is -0.377. The van der Waals surface area contributed by atoms with E-state index in [1.807, 2.05) is 37.3 Å². The van der Waals surface area contributed by atoms with Crippen LogP contribution in [0.3, 0.4) is 0 Å². The smallest absolute Gasteiger partial charge is 0.307 e. The molecule has 2 aromatic carbocycles. The Hall–Kier alpha value is -3.15. The summed E-state index contributed by atoms with van der Waals surface area (Å²) >= 11 is 0. The van der Waals surface area contributed by atoms with E-state index in [1.54, 1.807) is 18.2 Å². The summed E-state index contributed by atoms with van der Waals surface area (Å²) in [6.07, 6.45) is 1.56. The minimum absolute atomic E-state index is 0.102. The SMILES string of the molecule is Cc1ccc(OCCOC(=O)CCn2cnc3ccccc3c2=O)cc1.